The number of nitrogens with zero attached hydrogens (tertiary/aromatic N) is 2. The number of thiazole rings is 1. The van der Waals surface area contributed by atoms with Crippen LogP contribution in [0.15, 0.2) is 5.38 Å². The van der Waals surface area contributed by atoms with Crippen LogP contribution in [0.5, 0.6) is 0 Å². The van der Waals surface area contributed by atoms with Gasteiger partial charge in [0.15, 0.2) is 0 Å². The lowest BCUT2D eigenvalue weighted by Gasteiger charge is -2.16. The van der Waals surface area contributed by atoms with Crippen LogP contribution in [0.2, 0.25) is 0 Å². The predicted octanol–water partition coefficient (Wildman–Crippen LogP) is 1.63. The Morgan fingerprint density at radius 3 is 3.00 bits per heavy atom. The zero-order valence-electron chi connectivity index (χ0n) is 11.2. The van der Waals surface area contributed by atoms with Gasteiger partial charge in [0, 0.05) is 25.0 Å². The van der Waals surface area contributed by atoms with E-state index in [1.54, 1.807) is 5.38 Å². The summed E-state index contributed by atoms with van der Waals surface area (Å²) in [5.41, 5.74) is -2.11. The number of amides is 1. The number of aliphatic carboxylic acids is 1. The van der Waals surface area contributed by atoms with Gasteiger partial charge < -0.3 is 14.7 Å². The third-order valence-corrected chi connectivity index (χ3v) is 4.77. The van der Waals surface area contributed by atoms with E-state index in [9.17, 15) is 14.0 Å². The molecule has 0 saturated carbocycles. The van der Waals surface area contributed by atoms with Gasteiger partial charge in [-0.2, -0.15) is 0 Å². The zero-order chi connectivity index (χ0) is 15.0. The van der Waals surface area contributed by atoms with Gasteiger partial charge in [-0.25, -0.2) is 14.2 Å². The van der Waals surface area contributed by atoms with Crippen LogP contribution in [-0.2, 0) is 9.53 Å². The molecule has 2 aliphatic heterocycles. The summed E-state index contributed by atoms with van der Waals surface area (Å²) in [6.07, 6.45) is 1.62. The van der Waals surface area contributed by atoms with Gasteiger partial charge in [-0.3, -0.25) is 4.79 Å². The Kier molecular flexibility index (Phi) is 3.66. The molecule has 1 amide bonds. The Labute approximate surface area is 124 Å². The molecule has 2 fully saturated rings. The number of likely N-dealkylation sites (tertiary alicyclic amines) is 1. The number of carboxylic acids is 1. The maximum atomic E-state index is 14.0. The topological polar surface area (TPSA) is 79.7 Å². The SMILES string of the molecule is O=C(c1csc(C2CCCO2)n1)N1CCC(F)(C(=O)O)C1. The van der Waals surface area contributed by atoms with E-state index in [4.69, 9.17) is 9.84 Å². The van der Waals surface area contributed by atoms with Crippen LogP contribution in [0.4, 0.5) is 4.39 Å². The van der Waals surface area contributed by atoms with E-state index in [0.717, 1.165) is 17.8 Å². The van der Waals surface area contributed by atoms with Gasteiger partial charge in [0.05, 0.1) is 6.54 Å². The van der Waals surface area contributed by atoms with Crippen LogP contribution < -0.4 is 0 Å². The van der Waals surface area contributed by atoms with Crippen molar-refractivity contribution >= 4 is 23.2 Å². The van der Waals surface area contributed by atoms with Crippen molar-refractivity contribution in [1.29, 1.82) is 0 Å². The highest BCUT2D eigenvalue weighted by atomic mass is 32.1. The van der Waals surface area contributed by atoms with Crippen molar-refractivity contribution in [3.8, 4) is 0 Å². The first-order valence-electron chi connectivity index (χ1n) is 6.78. The van der Waals surface area contributed by atoms with E-state index < -0.39 is 24.1 Å². The van der Waals surface area contributed by atoms with E-state index in [0.29, 0.717) is 6.61 Å². The lowest BCUT2D eigenvalue weighted by Crippen LogP contribution is -2.39. The molecule has 0 radical (unpaired) electrons. The van der Waals surface area contributed by atoms with E-state index in [-0.39, 0.29) is 24.8 Å². The summed E-state index contributed by atoms with van der Waals surface area (Å²) in [6.45, 7) is 0.366. The molecule has 2 saturated heterocycles. The molecule has 3 heterocycles. The average Bonchev–Trinajstić information content (AvgIpc) is 3.18. The molecule has 1 aromatic rings. The molecule has 21 heavy (non-hydrogen) atoms. The van der Waals surface area contributed by atoms with Gasteiger partial charge in [0.2, 0.25) is 5.67 Å². The van der Waals surface area contributed by atoms with E-state index in [2.05, 4.69) is 4.98 Å². The molecule has 1 aromatic heterocycles. The highest BCUT2D eigenvalue weighted by Gasteiger charge is 2.47. The Hall–Kier alpha value is -1.54. The first kappa shape index (κ1) is 14.4. The van der Waals surface area contributed by atoms with Gasteiger partial charge in [0.25, 0.3) is 5.91 Å². The number of carbonyl (C=O) groups excluding carboxylic acids is 1. The molecule has 6 nitrogen and oxygen atoms in total. The van der Waals surface area contributed by atoms with Crippen molar-refractivity contribution in [3.63, 3.8) is 0 Å². The maximum Gasteiger partial charge on any atom is 0.343 e. The highest BCUT2D eigenvalue weighted by molar-refractivity contribution is 7.09. The maximum absolute atomic E-state index is 14.0. The molecule has 1 N–H and O–H groups in total. The van der Waals surface area contributed by atoms with Gasteiger partial charge in [-0.1, -0.05) is 0 Å². The molecular weight excluding hydrogens is 299 g/mol. The molecule has 0 bridgehead atoms. The third kappa shape index (κ3) is 2.65. The summed E-state index contributed by atoms with van der Waals surface area (Å²) < 4.78 is 19.5. The van der Waals surface area contributed by atoms with Gasteiger partial charge in [-0.05, 0) is 12.8 Å². The quantitative estimate of drug-likeness (QED) is 0.917. The monoisotopic (exact) mass is 314 g/mol. The van der Waals surface area contributed by atoms with Crippen molar-refractivity contribution < 1.29 is 23.8 Å². The first-order chi connectivity index (χ1) is 9.99. The third-order valence-electron chi connectivity index (χ3n) is 3.84. The lowest BCUT2D eigenvalue weighted by atomic mass is 10.1. The number of carboxylic acid groups (broad SMARTS) is 1. The standard InChI is InChI=1S/C13H15FN2O4S/c14-13(12(18)19)3-4-16(7-13)11(17)8-6-21-10(15-8)9-2-1-5-20-9/h6,9H,1-5,7H2,(H,18,19). The van der Waals surface area contributed by atoms with Crippen LogP contribution in [0, 0.1) is 0 Å². The number of halogens is 1. The molecule has 3 rings (SSSR count). The smallest absolute Gasteiger partial charge is 0.343 e. The van der Waals surface area contributed by atoms with E-state index in [1.807, 2.05) is 0 Å². The van der Waals surface area contributed by atoms with Crippen LogP contribution in [-0.4, -0.2) is 52.2 Å². The Bertz CT molecular complexity index is 572. The number of hydrogen-bond acceptors (Lipinski definition) is 5. The Balaban J connectivity index is 1.70. The van der Waals surface area contributed by atoms with Crippen LogP contribution in [0.1, 0.15) is 40.9 Å². The highest BCUT2D eigenvalue weighted by Crippen LogP contribution is 2.32. The van der Waals surface area contributed by atoms with E-state index >= 15 is 0 Å². The second-order valence-corrected chi connectivity index (χ2v) is 6.21. The molecule has 2 aliphatic rings. The van der Waals surface area contributed by atoms with Gasteiger partial charge in [-0.15, -0.1) is 11.3 Å². The summed E-state index contributed by atoms with van der Waals surface area (Å²) in [7, 11) is 0. The second kappa shape index (κ2) is 5.34. The fraction of sp³-hybridized carbons (Fsp3) is 0.615. The van der Waals surface area contributed by atoms with Crippen molar-refractivity contribution in [2.75, 3.05) is 19.7 Å². The van der Waals surface area contributed by atoms with Gasteiger partial charge >= 0.3 is 5.97 Å². The Morgan fingerprint density at radius 2 is 2.38 bits per heavy atom. The van der Waals surface area contributed by atoms with Crippen molar-refractivity contribution in [2.24, 2.45) is 0 Å². The molecule has 8 heteroatoms. The van der Waals surface area contributed by atoms with Gasteiger partial charge in [0.1, 0.15) is 16.8 Å². The molecule has 0 spiro atoms. The average molecular weight is 314 g/mol. The molecular formula is C13H15FN2O4S. The van der Waals surface area contributed by atoms with Crippen molar-refractivity contribution in [3.05, 3.63) is 16.1 Å². The fourth-order valence-electron chi connectivity index (χ4n) is 2.59. The fourth-order valence-corrected chi connectivity index (χ4v) is 3.46. The van der Waals surface area contributed by atoms with Crippen molar-refractivity contribution in [2.45, 2.75) is 31.0 Å². The molecule has 0 aromatic carbocycles. The van der Waals surface area contributed by atoms with Crippen LogP contribution in [0.25, 0.3) is 0 Å². The second-order valence-electron chi connectivity index (χ2n) is 5.32. The molecule has 114 valence electrons. The summed E-state index contributed by atoms with van der Waals surface area (Å²) in [5, 5.41) is 11.2. The summed E-state index contributed by atoms with van der Waals surface area (Å²) in [4.78, 5) is 28.6. The minimum absolute atomic E-state index is 0.0607. The molecule has 2 unspecified atom stereocenters. The van der Waals surface area contributed by atoms with Crippen molar-refractivity contribution in [1.82, 2.24) is 9.88 Å². The molecule has 0 aliphatic carbocycles. The summed E-state index contributed by atoms with van der Waals surface area (Å²) in [6, 6.07) is 0. The first-order valence-corrected chi connectivity index (χ1v) is 7.66. The van der Waals surface area contributed by atoms with Crippen LogP contribution in [0.3, 0.4) is 0 Å². The minimum atomic E-state index is -2.34. The normalized spacial score (nSPS) is 29.0. The summed E-state index contributed by atoms with van der Waals surface area (Å²) >= 11 is 1.35. The number of rotatable bonds is 3. The van der Waals surface area contributed by atoms with Crippen LogP contribution >= 0.6 is 11.3 Å². The minimum Gasteiger partial charge on any atom is -0.479 e. The number of carbonyl (C=O) groups is 2. The summed E-state index contributed by atoms with van der Waals surface area (Å²) in [5.74, 6) is -1.94. The largest absolute Gasteiger partial charge is 0.479 e. The number of aromatic nitrogens is 1. The number of ether oxygens (including phenoxy) is 1. The lowest BCUT2D eigenvalue weighted by molar-refractivity contribution is -0.149. The number of hydrogen-bond donors (Lipinski definition) is 1. The number of alkyl halides is 1. The van der Waals surface area contributed by atoms with E-state index in [1.165, 1.54) is 16.2 Å². The molecule has 2 atom stereocenters. The Morgan fingerprint density at radius 1 is 1.57 bits per heavy atom. The zero-order valence-corrected chi connectivity index (χ0v) is 12.1. The predicted molar refractivity (Wildman–Crippen MR) is 72.0 cm³/mol.